The number of benzene rings is 1. The normalized spacial score (nSPS) is 19.9. The summed E-state index contributed by atoms with van der Waals surface area (Å²) >= 11 is 0.921. The van der Waals surface area contributed by atoms with Gasteiger partial charge in [-0.1, -0.05) is 18.7 Å². The first-order chi connectivity index (χ1) is 17.7. The molecule has 3 rings (SSSR count). The first kappa shape index (κ1) is 28.9. The number of aromatic nitrogens is 2. The second kappa shape index (κ2) is 11.4. The molecule has 2 amide bonds. The minimum absolute atomic E-state index is 0.00351. The van der Waals surface area contributed by atoms with Crippen LogP contribution in [0.1, 0.15) is 29.0 Å². The lowest BCUT2D eigenvalue weighted by atomic mass is 9.95. The molecule has 0 aliphatic carbocycles. The Hall–Kier alpha value is -3.63. The monoisotopic (exact) mass is 568 g/mol. The second-order valence-corrected chi connectivity index (χ2v) is 9.35. The van der Waals surface area contributed by atoms with Crippen LogP contribution in [-0.4, -0.2) is 69.1 Å². The molecule has 0 saturated carbocycles. The largest absolute Gasteiger partial charge is 0.467 e. The summed E-state index contributed by atoms with van der Waals surface area (Å²) in [5.74, 6) is -2.24. The number of carbonyl (C=O) groups excluding carboxylic acids is 2. The number of nitrogens with zero attached hydrogens (tertiary/aromatic N) is 4. The molecule has 0 fully saturated rings. The number of ether oxygens (including phenoxy) is 1. The Morgan fingerprint density at radius 1 is 1.18 bits per heavy atom. The molecule has 206 valence electrons. The lowest BCUT2D eigenvalue weighted by molar-refractivity contribution is -0.159. The highest BCUT2D eigenvalue weighted by atomic mass is 32.2. The number of nitrogens with two attached hydrogens (primary N) is 1. The predicted octanol–water partition coefficient (Wildman–Crippen LogP) is 3.69. The van der Waals surface area contributed by atoms with Gasteiger partial charge in [0.2, 0.25) is 12.3 Å². The van der Waals surface area contributed by atoms with E-state index in [1.165, 1.54) is 6.92 Å². The lowest BCUT2D eigenvalue weighted by Crippen LogP contribution is -2.50. The van der Waals surface area contributed by atoms with Crippen molar-refractivity contribution in [2.24, 2.45) is 10.7 Å². The van der Waals surface area contributed by atoms with E-state index in [4.69, 9.17) is 5.73 Å². The summed E-state index contributed by atoms with van der Waals surface area (Å²) in [5, 5.41) is 1.65. The summed E-state index contributed by atoms with van der Waals surface area (Å²) in [6.45, 7) is -1.69. The summed E-state index contributed by atoms with van der Waals surface area (Å²) in [4.78, 5) is 35.9. The second-order valence-electron chi connectivity index (χ2n) is 7.95. The number of aliphatic imine (C=N–C) groups is 1. The average Bonchev–Trinajstić information content (AvgIpc) is 2.81. The van der Waals surface area contributed by atoms with Crippen molar-refractivity contribution in [2.45, 2.75) is 36.6 Å². The number of amidine groups is 1. The number of hydrogen-bond acceptors (Lipinski definition) is 8. The van der Waals surface area contributed by atoms with Crippen molar-refractivity contribution < 1.29 is 45.1 Å². The molecule has 1 aromatic heterocycles. The van der Waals surface area contributed by atoms with Crippen molar-refractivity contribution in [2.75, 3.05) is 18.5 Å². The quantitative estimate of drug-likeness (QED) is 0.368. The minimum atomic E-state index is -4.73. The van der Waals surface area contributed by atoms with Gasteiger partial charge in [0.25, 0.3) is 5.91 Å². The van der Waals surface area contributed by atoms with E-state index in [-0.39, 0.29) is 28.5 Å². The fourth-order valence-corrected chi connectivity index (χ4v) is 4.59. The molecule has 0 radical (unpaired) electrons. The number of halogens is 7. The molecule has 2 unspecified atom stereocenters. The highest BCUT2D eigenvalue weighted by Gasteiger charge is 2.42. The molecule has 17 heteroatoms. The first-order valence-corrected chi connectivity index (χ1v) is 11.4. The summed E-state index contributed by atoms with van der Waals surface area (Å²) in [6.07, 6.45) is -7.68. The number of hydrogen-bond donors (Lipinski definition) is 2. The molecule has 3 atom stereocenters. The molecule has 1 aromatic carbocycles. The summed E-state index contributed by atoms with van der Waals surface area (Å²) in [7, 11) is 0. The fourth-order valence-electron chi connectivity index (χ4n) is 3.59. The van der Waals surface area contributed by atoms with Crippen molar-refractivity contribution in [1.82, 2.24) is 14.9 Å². The van der Waals surface area contributed by atoms with Gasteiger partial charge in [-0.3, -0.25) is 14.6 Å². The number of thioether (sulfide) groups is 1. The van der Waals surface area contributed by atoms with E-state index >= 15 is 0 Å². The van der Waals surface area contributed by atoms with Gasteiger partial charge in [-0.2, -0.15) is 26.3 Å². The van der Waals surface area contributed by atoms with Crippen molar-refractivity contribution in [3.8, 4) is 5.88 Å². The third-order valence-electron chi connectivity index (χ3n) is 5.07. The van der Waals surface area contributed by atoms with E-state index in [9.17, 15) is 40.3 Å². The first-order valence-electron chi connectivity index (χ1n) is 10.6. The molecule has 38 heavy (non-hydrogen) atoms. The van der Waals surface area contributed by atoms with Crippen molar-refractivity contribution in [1.29, 1.82) is 0 Å². The zero-order chi connectivity index (χ0) is 28.3. The van der Waals surface area contributed by atoms with Gasteiger partial charge >= 0.3 is 12.4 Å². The van der Waals surface area contributed by atoms with Crippen LogP contribution < -0.4 is 15.8 Å². The SMILES string of the molecule is CC1SC(N)=NC(c2cc(NC(=O)c3cnc(OCC(F)(F)F)cn3)ccc2F)[C@@H]1N(C=O)CC(F)(F)F. The van der Waals surface area contributed by atoms with E-state index < -0.39 is 60.4 Å². The molecule has 0 spiro atoms. The Labute approximate surface area is 214 Å². The predicted molar refractivity (Wildman–Crippen MR) is 122 cm³/mol. The molecule has 2 heterocycles. The van der Waals surface area contributed by atoms with Crippen LogP contribution in [0.15, 0.2) is 35.6 Å². The maximum absolute atomic E-state index is 14.9. The molecule has 0 bridgehead atoms. The Kier molecular flexibility index (Phi) is 8.68. The zero-order valence-electron chi connectivity index (χ0n) is 19.3. The highest BCUT2D eigenvalue weighted by Crippen LogP contribution is 2.39. The molecular formula is C21H19F7N6O3S. The van der Waals surface area contributed by atoms with Crippen LogP contribution in [0.5, 0.6) is 5.88 Å². The maximum Gasteiger partial charge on any atom is 0.422 e. The molecular weight excluding hydrogens is 549 g/mol. The van der Waals surface area contributed by atoms with Gasteiger partial charge in [-0.15, -0.1) is 0 Å². The van der Waals surface area contributed by atoms with Crippen LogP contribution in [0.2, 0.25) is 0 Å². The van der Waals surface area contributed by atoms with Crippen molar-refractivity contribution in [3.63, 3.8) is 0 Å². The third-order valence-corrected chi connectivity index (χ3v) is 6.07. The molecule has 1 aliphatic heterocycles. The zero-order valence-corrected chi connectivity index (χ0v) is 20.1. The van der Waals surface area contributed by atoms with E-state index in [1.807, 2.05) is 0 Å². The number of alkyl halides is 6. The number of anilines is 1. The van der Waals surface area contributed by atoms with Gasteiger partial charge in [-0.25, -0.2) is 14.4 Å². The third kappa shape index (κ3) is 7.69. The smallest absolute Gasteiger partial charge is 0.422 e. The maximum atomic E-state index is 14.9. The minimum Gasteiger partial charge on any atom is -0.467 e. The van der Waals surface area contributed by atoms with Crippen molar-refractivity contribution in [3.05, 3.63) is 47.7 Å². The Morgan fingerprint density at radius 2 is 1.89 bits per heavy atom. The Balaban J connectivity index is 1.85. The molecule has 2 aromatic rings. The van der Waals surface area contributed by atoms with Gasteiger partial charge < -0.3 is 20.7 Å². The van der Waals surface area contributed by atoms with E-state index in [2.05, 4.69) is 25.0 Å². The fraction of sp³-hybridized carbons (Fsp3) is 0.381. The Bertz CT molecular complexity index is 1190. The van der Waals surface area contributed by atoms with Crippen LogP contribution in [0.3, 0.4) is 0 Å². The highest BCUT2D eigenvalue weighted by molar-refractivity contribution is 8.14. The molecule has 1 aliphatic rings. The van der Waals surface area contributed by atoms with Crippen molar-refractivity contribution >= 4 is 34.9 Å². The van der Waals surface area contributed by atoms with Gasteiger partial charge in [0.05, 0.1) is 18.4 Å². The van der Waals surface area contributed by atoms with Crippen LogP contribution in [0, 0.1) is 5.82 Å². The summed E-state index contributed by atoms with van der Waals surface area (Å²) in [6, 6.07) is 0.647. The number of nitrogens with one attached hydrogen (secondary N) is 1. The lowest BCUT2D eigenvalue weighted by Gasteiger charge is -2.39. The van der Waals surface area contributed by atoms with Crippen LogP contribution in [-0.2, 0) is 4.79 Å². The van der Waals surface area contributed by atoms with Crippen LogP contribution >= 0.6 is 11.8 Å². The number of carbonyl (C=O) groups is 2. The standard InChI is InChI=1S/C21H19F7N6O3S/c1-10-17(34(9-35)7-20(23,24)25)16(33-19(29)38-10)12-4-11(2-3-13(12)22)32-18(36)14-5-31-15(6-30-14)37-8-21(26,27)28/h2-6,9-10,16-17H,7-8H2,1H3,(H2,29,33)(H,32,36)/t10?,16?,17-/m1/s1. The van der Waals surface area contributed by atoms with Gasteiger partial charge in [0.15, 0.2) is 11.8 Å². The Morgan fingerprint density at radius 3 is 2.47 bits per heavy atom. The molecule has 3 N–H and O–H groups in total. The van der Waals surface area contributed by atoms with Gasteiger partial charge in [0.1, 0.15) is 24.1 Å². The van der Waals surface area contributed by atoms with Crippen LogP contribution in [0.4, 0.5) is 36.4 Å². The van der Waals surface area contributed by atoms with E-state index in [0.29, 0.717) is 4.90 Å². The number of rotatable bonds is 8. The average molecular weight is 568 g/mol. The van der Waals surface area contributed by atoms with Gasteiger partial charge in [-0.05, 0) is 18.2 Å². The summed E-state index contributed by atoms with van der Waals surface area (Å²) < 4.78 is 95.3. The van der Waals surface area contributed by atoms with E-state index in [0.717, 1.165) is 42.4 Å². The summed E-state index contributed by atoms with van der Waals surface area (Å²) in [5.41, 5.74) is 5.21. The molecule has 0 saturated heterocycles. The van der Waals surface area contributed by atoms with E-state index in [1.54, 1.807) is 0 Å². The topological polar surface area (TPSA) is 123 Å². The number of amides is 2. The van der Waals surface area contributed by atoms with Gasteiger partial charge in [0, 0.05) is 16.5 Å². The van der Waals surface area contributed by atoms with Crippen LogP contribution in [0.25, 0.3) is 0 Å². The molecule has 9 nitrogen and oxygen atoms in total.